The van der Waals surface area contributed by atoms with E-state index in [1.807, 2.05) is 24.3 Å². The summed E-state index contributed by atoms with van der Waals surface area (Å²) in [5.74, 6) is 0.820. The van der Waals surface area contributed by atoms with E-state index in [1.165, 1.54) is 154 Å². The van der Waals surface area contributed by atoms with Gasteiger partial charge >= 0.3 is 11.9 Å². The van der Waals surface area contributed by atoms with Crippen LogP contribution in [-0.2, 0) is 32.0 Å². The lowest BCUT2D eigenvalue weighted by molar-refractivity contribution is -0.141. The summed E-state index contributed by atoms with van der Waals surface area (Å²) in [6.07, 6.45) is 34.8. The predicted octanol–water partition coefficient (Wildman–Crippen LogP) is 22.9. The molecular weight excluding hydrogens is 2100 g/mol. The average molecular weight is 2200 g/mol. The van der Waals surface area contributed by atoms with Gasteiger partial charge in [-0.1, -0.05) is 189 Å². The molecule has 0 aliphatic carbocycles. The highest BCUT2D eigenvalue weighted by Crippen LogP contribution is 2.39. The summed E-state index contributed by atoms with van der Waals surface area (Å²) in [4.78, 5) is 48.2. The lowest BCUT2D eigenvalue weighted by atomic mass is 10.0. The molecule has 0 fully saturated rings. The van der Waals surface area contributed by atoms with Crippen LogP contribution in [0.1, 0.15) is 227 Å². The summed E-state index contributed by atoms with van der Waals surface area (Å²) < 4.78 is 33.8. The first-order chi connectivity index (χ1) is 44.3. The number of unbranched alkanes of at least 4 members (excludes halogenated alkanes) is 24. The standard InChI is InChI=1S/C31H41I4NO5.C16H31ClO.C15H11I4NO4.C6H15N.CH3F/c1-2-3-4-5-6-7-8-9-10-11-12-13-14-15-28(37)36-27(31(39)40)18-21-16-25(34)30(26(35)17-21)41-22-19-23(32)29(38)24(33)20-22;1-2-3-4-5-6-7-8-9-10-11-12-13-14-15-16(17)18;16-8-4-7(5-9(17)13(8)21)24-14-10(18)1-6(2-11(14)19)3-12(20)15(22)23;1-4-7(5-2)6-3;1-2/h16-17,19-20,27,38H,2-15,18H2,1H3,(H,36,37)(H,39,40);2-15H2,1H3;1-2,4-5,12,21H,3,20H2,(H,22,23);4-6H2,1-3H3;1H3/i;;;;1D. The number of phenols is 2. The Morgan fingerprint density at radius 2 is 0.772 bits per heavy atom. The van der Waals surface area contributed by atoms with Gasteiger partial charge in [-0.3, -0.25) is 18.8 Å². The minimum atomic E-state index is -1.04. The highest BCUT2D eigenvalue weighted by atomic mass is 127. The number of alkyl halides is 1. The first-order valence-corrected chi connectivity index (χ1v) is 41.3. The maximum absolute atomic E-state index is 12.5. The number of carboxylic acid groups (broad SMARTS) is 2. The molecule has 0 bridgehead atoms. The average Bonchev–Trinajstić information content (AvgIpc) is 0.891. The molecular formula is C69H101ClFI8N3O10. The zero-order valence-electron chi connectivity index (χ0n) is 55.4. The van der Waals surface area contributed by atoms with Gasteiger partial charge in [0.05, 0.1) is 37.1 Å². The van der Waals surface area contributed by atoms with E-state index in [4.69, 9.17) is 33.3 Å². The first kappa shape index (κ1) is 90.2. The topological polar surface area (TPSA) is 209 Å². The van der Waals surface area contributed by atoms with Crippen LogP contribution in [0.25, 0.3) is 0 Å². The van der Waals surface area contributed by atoms with Gasteiger partial charge in [0.2, 0.25) is 11.1 Å². The number of aromatic hydroxyl groups is 2. The molecule has 4 aromatic rings. The van der Waals surface area contributed by atoms with Crippen LogP contribution in [0.15, 0.2) is 48.5 Å². The molecule has 4 aromatic carbocycles. The number of hydrogen-bond acceptors (Lipinski definition) is 10. The SMILES string of the molecule is CCCCCCCCCCCCCCCC(=O)Cl.CCCCCCCCCCCCCCCC(=O)NC(Cc1cc(I)c(Oc2cc(I)c(O)c(I)c2)c(I)c1)C(=O)O.CCN(CC)CC.NC(Cc1cc(I)c(Oc2cc(I)c(O)c(I)c2)c(I)c1)C(=O)O.[2H]CF. The molecule has 0 spiro atoms. The molecule has 23 heteroatoms. The van der Waals surface area contributed by atoms with Crippen molar-refractivity contribution in [3.63, 3.8) is 0 Å². The third kappa shape index (κ3) is 43.6. The number of amides is 1. The zero-order chi connectivity index (χ0) is 70.1. The molecule has 13 nitrogen and oxygen atoms in total. The first-order valence-electron chi connectivity index (χ1n) is 33.0. The number of nitrogens with two attached hydrogens (primary N) is 1. The zero-order valence-corrected chi connectivity index (χ0v) is 72.4. The molecule has 0 aromatic heterocycles. The summed E-state index contributed by atoms with van der Waals surface area (Å²) in [7, 11) is -1.00. The molecule has 4 rings (SSSR count). The van der Waals surface area contributed by atoms with E-state index < -0.39 is 31.2 Å². The van der Waals surface area contributed by atoms with Crippen molar-refractivity contribution in [3.8, 4) is 34.5 Å². The molecule has 1 amide bonds. The van der Waals surface area contributed by atoms with Crippen LogP contribution in [0, 0.1) is 28.6 Å². The Morgan fingerprint density at radius 3 is 1.03 bits per heavy atom. The van der Waals surface area contributed by atoms with E-state index in [-0.39, 0.29) is 35.5 Å². The number of nitrogens with zero attached hydrogens (tertiary/aromatic N) is 1. The van der Waals surface area contributed by atoms with Crippen LogP contribution >= 0.6 is 192 Å². The number of nitrogens with one attached hydrogen (secondary N) is 1. The summed E-state index contributed by atoms with van der Waals surface area (Å²) in [5, 5.41) is 41.1. The third-order valence-corrected chi connectivity index (χ3v) is 21.4. The maximum atomic E-state index is 12.5. The van der Waals surface area contributed by atoms with E-state index >= 15 is 0 Å². The van der Waals surface area contributed by atoms with E-state index in [9.17, 15) is 38.9 Å². The van der Waals surface area contributed by atoms with Gasteiger partial charge in [-0.2, -0.15) is 0 Å². The van der Waals surface area contributed by atoms with Crippen LogP contribution in [0.4, 0.5) is 4.39 Å². The van der Waals surface area contributed by atoms with E-state index in [1.54, 1.807) is 24.3 Å². The molecule has 0 radical (unpaired) electrons. The number of rotatable bonds is 42. The molecule has 0 aliphatic heterocycles. The number of benzene rings is 4. The van der Waals surface area contributed by atoms with Crippen molar-refractivity contribution in [3.05, 3.63) is 88.2 Å². The van der Waals surface area contributed by atoms with Gasteiger partial charge in [0.1, 0.15) is 35.1 Å². The number of carbonyl (C=O) groups excluding carboxylic acids is 2. The van der Waals surface area contributed by atoms with E-state index in [0.717, 1.165) is 57.5 Å². The van der Waals surface area contributed by atoms with Crippen LogP contribution in [0.5, 0.6) is 34.5 Å². The lowest BCUT2D eigenvalue weighted by Gasteiger charge is -2.17. The van der Waals surface area contributed by atoms with Crippen molar-refractivity contribution in [2.75, 3.05) is 26.8 Å². The van der Waals surface area contributed by atoms with Crippen molar-refractivity contribution >= 4 is 215 Å². The van der Waals surface area contributed by atoms with Gasteiger partial charge in [0.15, 0.2) is 11.5 Å². The fourth-order valence-electron chi connectivity index (χ4n) is 9.39. The number of hydrogen-bond donors (Lipinski definition) is 6. The summed E-state index contributed by atoms with van der Waals surface area (Å²) in [6.45, 7) is 14.6. The number of phenolic OH excluding ortho intramolecular Hbond substituents is 2. The van der Waals surface area contributed by atoms with Gasteiger partial charge in [-0.15, -0.1) is 0 Å². The number of ether oxygens (including phenoxy) is 2. The monoisotopic (exact) mass is 2200 g/mol. The van der Waals surface area contributed by atoms with Gasteiger partial charge in [-0.25, -0.2) is 4.79 Å². The Balaban J connectivity index is 0.00000137. The smallest absolute Gasteiger partial charge is 0.326 e. The molecule has 0 heterocycles. The molecule has 0 saturated heterocycles. The van der Waals surface area contributed by atoms with E-state index in [0.29, 0.717) is 50.1 Å². The molecule has 522 valence electrons. The minimum absolute atomic E-state index is 0.182. The second-order valence-corrected chi connectivity index (χ2v) is 31.9. The number of carboxylic acids is 2. The number of aliphatic carboxylic acids is 2. The lowest BCUT2D eigenvalue weighted by Crippen LogP contribution is -2.42. The van der Waals surface area contributed by atoms with Gasteiger partial charge in [0.25, 0.3) is 0 Å². The molecule has 0 aliphatic rings. The number of carbonyl (C=O) groups is 4. The molecule has 2 unspecified atom stereocenters. The maximum Gasteiger partial charge on any atom is 0.326 e. The van der Waals surface area contributed by atoms with Crippen LogP contribution < -0.4 is 20.5 Å². The highest BCUT2D eigenvalue weighted by Gasteiger charge is 2.23. The van der Waals surface area contributed by atoms with Crippen LogP contribution in [-0.4, -0.2) is 87.3 Å². The summed E-state index contributed by atoms with van der Waals surface area (Å²) in [5.41, 5.74) is 7.26. The van der Waals surface area contributed by atoms with Crippen molar-refractivity contribution in [2.24, 2.45) is 5.73 Å². The minimum Gasteiger partial charge on any atom is -0.506 e. The largest absolute Gasteiger partial charge is 0.506 e. The van der Waals surface area contributed by atoms with Gasteiger partial charge in [0, 0.05) is 19.3 Å². The summed E-state index contributed by atoms with van der Waals surface area (Å²) >= 11 is 22.2. The Morgan fingerprint density at radius 1 is 0.489 bits per heavy atom. The Hall–Kier alpha value is 0.140. The number of halogens is 10. The summed E-state index contributed by atoms with van der Waals surface area (Å²) in [6, 6.07) is 12.7. The van der Waals surface area contributed by atoms with E-state index in [2.05, 4.69) is 226 Å². The van der Waals surface area contributed by atoms with Crippen LogP contribution in [0.3, 0.4) is 0 Å². The van der Waals surface area contributed by atoms with Crippen molar-refractivity contribution in [2.45, 2.75) is 239 Å². The quantitative estimate of drug-likeness (QED) is 0.0139. The fraction of sp³-hybridized carbons (Fsp3) is 0.594. The second-order valence-electron chi connectivity index (χ2n) is 22.2. The Kier molecular flexibility index (Phi) is 56.7. The third-order valence-electron chi connectivity index (χ3n) is 14.7. The molecule has 2 atom stereocenters. The Labute approximate surface area is 666 Å². The fourth-order valence-corrected chi connectivity index (χ4v) is 17.2. The van der Waals surface area contributed by atoms with Crippen molar-refractivity contribution in [1.82, 2.24) is 10.2 Å². The predicted molar refractivity (Wildman–Crippen MR) is 446 cm³/mol. The Bertz CT molecular complexity index is 2640. The normalized spacial score (nSPS) is 11.5. The molecule has 7 N–H and O–H groups in total. The van der Waals surface area contributed by atoms with Crippen molar-refractivity contribution < 1.29 is 54.8 Å². The van der Waals surface area contributed by atoms with Gasteiger partial charge < -0.3 is 45.9 Å². The molecule has 92 heavy (non-hydrogen) atoms. The van der Waals surface area contributed by atoms with Gasteiger partial charge in [-0.05, 0) is 291 Å². The highest BCUT2D eigenvalue weighted by molar-refractivity contribution is 14.1. The van der Waals surface area contributed by atoms with Crippen molar-refractivity contribution in [1.29, 1.82) is 0 Å². The molecule has 0 saturated carbocycles. The second kappa shape index (κ2) is 57.9. The van der Waals surface area contributed by atoms with Crippen LogP contribution in [0.2, 0.25) is 0 Å².